The molecule has 7 nitrogen and oxygen atoms in total. The summed E-state index contributed by atoms with van der Waals surface area (Å²) in [6, 6.07) is 21.4. The van der Waals surface area contributed by atoms with Gasteiger partial charge in [-0.1, -0.05) is 62.4 Å². The van der Waals surface area contributed by atoms with E-state index in [-0.39, 0.29) is 28.6 Å². The number of fused-ring (bicyclic) bond motifs is 1. The van der Waals surface area contributed by atoms with E-state index in [1.165, 1.54) is 30.3 Å². The number of phenols is 1. The van der Waals surface area contributed by atoms with Gasteiger partial charge in [0, 0.05) is 16.5 Å². The van der Waals surface area contributed by atoms with E-state index in [1.54, 1.807) is 24.3 Å². The molecule has 4 N–H and O–H groups in total. The number of hydrogen-bond acceptors (Lipinski definition) is 5. The lowest BCUT2D eigenvalue weighted by molar-refractivity contribution is 0.0697. The molecule has 0 aliphatic carbocycles. The molecular weight excluding hydrogens is 485 g/mol. The number of azo groups is 1. The second kappa shape index (κ2) is 9.82. The highest BCUT2D eigenvalue weighted by Crippen LogP contribution is 2.43. The van der Waals surface area contributed by atoms with Gasteiger partial charge < -0.3 is 20.3 Å². The Morgan fingerprint density at radius 2 is 1.61 bits per heavy atom. The van der Waals surface area contributed by atoms with Crippen LogP contribution >= 0.6 is 0 Å². The van der Waals surface area contributed by atoms with E-state index in [4.69, 9.17) is 0 Å². The molecule has 8 heteroatoms. The molecule has 1 aromatic heterocycles. The third-order valence-electron chi connectivity index (χ3n) is 6.41. The zero-order chi connectivity index (χ0) is 27.0. The highest BCUT2D eigenvalue weighted by molar-refractivity contribution is 6.02. The van der Waals surface area contributed by atoms with E-state index in [9.17, 15) is 24.5 Å². The fourth-order valence-electron chi connectivity index (χ4n) is 4.38. The number of carbonyl (C=O) groups is 1. The Labute approximate surface area is 217 Å². The summed E-state index contributed by atoms with van der Waals surface area (Å²) < 4.78 is 14.7. The van der Waals surface area contributed by atoms with Crippen LogP contribution < -0.4 is 0 Å². The average Bonchev–Trinajstić information content (AvgIpc) is 3.22. The van der Waals surface area contributed by atoms with Gasteiger partial charge in [-0.2, -0.15) is 0 Å². The Morgan fingerprint density at radius 1 is 0.868 bits per heavy atom. The van der Waals surface area contributed by atoms with Crippen molar-refractivity contribution in [2.75, 3.05) is 0 Å². The number of nitrogens with one attached hydrogen (secondary N) is 1. The molecule has 4 aromatic carbocycles. The number of aromatic carboxylic acids is 1. The van der Waals surface area contributed by atoms with Crippen molar-refractivity contribution in [3.63, 3.8) is 0 Å². The van der Waals surface area contributed by atoms with Crippen LogP contribution in [0.4, 0.5) is 15.8 Å². The Kier molecular flexibility index (Phi) is 6.38. The second-order valence-electron chi connectivity index (χ2n) is 9.23. The van der Waals surface area contributed by atoms with Crippen LogP contribution in [0.3, 0.4) is 0 Å². The first-order valence-corrected chi connectivity index (χ1v) is 11.9. The predicted octanol–water partition coefficient (Wildman–Crippen LogP) is 8.29. The van der Waals surface area contributed by atoms with Gasteiger partial charge in [0.05, 0.1) is 11.1 Å². The highest BCUT2D eigenvalue weighted by Gasteiger charge is 2.17. The van der Waals surface area contributed by atoms with Crippen molar-refractivity contribution in [2.24, 2.45) is 10.2 Å². The van der Waals surface area contributed by atoms with Gasteiger partial charge in [-0.3, -0.25) is 0 Å². The van der Waals surface area contributed by atoms with Crippen LogP contribution in [0.2, 0.25) is 0 Å². The minimum atomic E-state index is -1.08. The molecule has 0 atom stereocenters. The van der Waals surface area contributed by atoms with E-state index in [0.29, 0.717) is 33.5 Å². The van der Waals surface area contributed by atoms with Crippen molar-refractivity contribution >= 4 is 28.2 Å². The third-order valence-corrected chi connectivity index (χ3v) is 6.41. The number of rotatable bonds is 6. The number of aromatic nitrogens is 1. The number of halogens is 1. The maximum atomic E-state index is 14.7. The van der Waals surface area contributed by atoms with E-state index in [2.05, 4.69) is 29.1 Å². The molecule has 0 unspecified atom stereocenters. The van der Waals surface area contributed by atoms with Gasteiger partial charge in [0.15, 0.2) is 11.4 Å². The van der Waals surface area contributed by atoms with E-state index in [1.807, 2.05) is 24.3 Å². The lowest BCUT2D eigenvalue weighted by Crippen LogP contribution is -1.95. The van der Waals surface area contributed by atoms with Crippen LogP contribution in [0.25, 0.3) is 33.2 Å². The summed E-state index contributed by atoms with van der Waals surface area (Å²) in [5.41, 5.74) is 4.05. The fraction of sp³-hybridized carbons (Fsp3) is 0.100. The molecule has 0 bridgehead atoms. The number of aromatic amines is 1. The van der Waals surface area contributed by atoms with E-state index < -0.39 is 11.8 Å². The first-order chi connectivity index (χ1) is 18.2. The van der Waals surface area contributed by atoms with Gasteiger partial charge in [-0.25, -0.2) is 9.18 Å². The van der Waals surface area contributed by atoms with Crippen molar-refractivity contribution in [3.05, 3.63) is 95.8 Å². The van der Waals surface area contributed by atoms with Gasteiger partial charge in [-0.05, 0) is 52.9 Å². The summed E-state index contributed by atoms with van der Waals surface area (Å²) in [6.07, 6.45) is 0. The molecule has 0 saturated heterocycles. The van der Waals surface area contributed by atoms with Gasteiger partial charge in [0.2, 0.25) is 5.88 Å². The fourth-order valence-corrected chi connectivity index (χ4v) is 4.38. The monoisotopic (exact) mass is 509 g/mol. The van der Waals surface area contributed by atoms with Crippen LogP contribution in [0.1, 0.15) is 35.7 Å². The molecule has 5 rings (SSSR count). The minimum absolute atomic E-state index is 0.0252. The number of hydrogen-bond donors (Lipinski definition) is 4. The smallest absolute Gasteiger partial charge is 0.335 e. The van der Waals surface area contributed by atoms with E-state index >= 15 is 0 Å². The van der Waals surface area contributed by atoms with Crippen LogP contribution in [0.15, 0.2) is 89.1 Å². The molecule has 0 aliphatic heterocycles. The largest absolute Gasteiger partial charge is 0.505 e. The van der Waals surface area contributed by atoms with Crippen LogP contribution in [-0.2, 0) is 0 Å². The molecule has 0 spiro atoms. The van der Waals surface area contributed by atoms with Crippen molar-refractivity contribution in [3.8, 4) is 33.9 Å². The van der Waals surface area contributed by atoms with Crippen molar-refractivity contribution < 1.29 is 24.5 Å². The number of phenolic OH excluding ortho intramolecular Hbond substituents is 1. The Morgan fingerprint density at radius 3 is 2.32 bits per heavy atom. The summed E-state index contributed by atoms with van der Waals surface area (Å²) in [5, 5.41) is 39.4. The van der Waals surface area contributed by atoms with Crippen molar-refractivity contribution in [2.45, 2.75) is 19.8 Å². The zero-order valence-electron chi connectivity index (χ0n) is 20.6. The summed E-state index contributed by atoms with van der Waals surface area (Å²) in [6.45, 7) is 4.19. The van der Waals surface area contributed by atoms with E-state index in [0.717, 1.165) is 11.1 Å². The zero-order valence-corrected chi connectivity index (χ0v) is 20.6. The van der Waals surface area contributed by atoms with Gasteiger partial charge in [0.1, 0.15) is 11.5 Å². The molecule has 5 aromatic rings. The molecular formula is C30H24FN3O4. The molecule has 0 fully saturated rings. The number of nitrogens with zero attached hydrogens (tertiary/aromatic N) is 2. The van der Waals surface area contributed by atoms with Crippen molar-refractivity contribution in [1.82, 2.24) is 4.98 Å². The van der Waals surface area contributed by atoms with Crippen LogP contribution in [-0.4, -0.2) is 26.3 Å². The summed E-state index contributed by atoms with van der Waals surface area (Å²) >= 11 is 0. The summed E-state index contributed by atoms with van der Waals surface area (Å²) in [7, 11) is 0. The molecule has 0 aliphatic rings. The lowest BCUT2D eigenvalue weighted by Gasteiger charge is -2.08. The Bertz CT molecular complexity index is 1710. The summed E-state index contributed by atoms with van der Waals surface area (Å²) in [4.78, 5) is 14.2. The molecule has 0 radical (unpaired) electrons. The normalized spacial score (nSPS) is 11.6. The predicted molar refractivity (Wildman–Crippen MR) is 144 cm³/mol. The van der Waals surface area contributed by atoms with Gasteiger partial charge >= 0.3 is 5.97 Å². The molecule has 190 valence electrons. The number of carboxylic acid groups (broad SMARTS) is 1. The maximum absolute atomic E-state index is 14.7. The van der Waals surface area contributed by atoms with Gasteiger partial charge in [0.25, 0.3) is 0 Å². The standard InChI is InChI=1S/C30H24FN3O4/c1-16(2)17-9-11-18(12-10-17)23-14-21(31)15-24-26(23)32-29(36)27(24)34-33-25-8-4-7-22(28(25)35)19-5-3-6-20(13-19)30(37)38/h3-16,32,35-36H,1-2H3,(H,37,38). The lowest BCUT2D eigenvalue weighted by atomic mass is 9.97. The minimum Gasteiger partial charge on any atom is -0.505 e. The number of carboxylic acids is 1. The van der Waals surface area contributed by atoms with Gasteiger partial charge in [-0.15, -0.1) is 10.2 Å². The first kappa shape index (κ1) is 24.7. The molecule has 0 amide bonds. The van der Waals surface area contributed by atoms with Crippen molar-refractivity contribution in [1.29, 1.82) is 0 Å². The summed E-state index contributed by atoms with van der Waals surface area (Å²) in [5.74, 6) is -1.73. The Hall–Kier alpha value is -4.98. The molecule has 0 saturated carbocycles. The SMILES string of the molecule is CC(C)c1ccc(-c2cc(F)cc3c(N=Nc4cccc(-c5cccc(C(=O)O)c5)c4O)c(O)[nH]c23)cc1. The maximum Gasteiger partial charge on any atom is 0.335 e. The number of benzene rings is 4. The quantitative estimate of drug-likeness (QED) is 0.172. The molecule has 38 heavy (non-hydrogen) atoms. The topological polar surface area (TPSA) is 118 Å². The third kappa shape index (κ3) is 4.59. The number of aromatic hydroxyl groups is 2. The average molecular weight is 510 g/mol. The number of H-pyrrole nitrogens is 1. The van der Waals surface area contributed by atoms with Crippen LogP contribution in [0, 0.1) is 5.82 Å². The first-order valence-electron chi connectivity index (χ1n) is 11.9. The molecule has 1 heterocycles. The van der Waals surface area contributed by atoms with Crippen LogP contribution in [0.5, 0.6) is 11.6 Å². The second-order valence-corrected chi connectivity index (χ2v) is 9.23. The highest BCUT2D eigenvalue weighted by atomic mass is 19.1. The number of para-hydroxylation sites is 1. The Balaban J connectivity index is 1.55.